The van der Waals surface area contributed by atoms with Crippen molar-refractivity contribution in [2.24, 2.45) is 5.92 Å². The summed E-state index contributed by atoms with van der Waals surface area (Å²) in [6, 6.07) is 13.1. The lowest BCUT2D eigenvalue weighted by molar-refractivity contribution is 0.308. The molecule has 1 fully saturated rings. The van der Waals surface area contributed by atoms with E-state index < -0.39 is 0 Å². The van der Waals surface area contributed by atoms with Gasteiger partial charge in [0.2, 0.25) is 0 Å². The summed E-state index contributed by atoms with van der Waals surface area (Å²) in [4.78, 5) is 0. The first-order chi connectivity index (χ1) is 10.3. The molecule has 2 atom stereocenters. The molecule has 0 radical (unpaired) electrons. The highest BCUT2D eigenvalue weighted by Crippen LogP contribution is 2.39. The molecule has 2 aromatic rings. The summed E-state index contributed by atoms with van der Waals surface area (Å²) in [6.45, 7) is 4.57. The van der Waals surface area contributed by atoms with Crippen molar-refractivity contribution in [1.29, 1.82) is 0 Å². The lowest BCUT2D eigenvalue weighted by atomic mass is 9.77. The Balaban J connectivity index is 2.06. The number of ether oxygens (including phenoxy) is 1. The zero-order valence-corrected chi connectivity index (χ0v) is 13.1. The highest BCUT2D eigenvalue weighted by atomic mass is 16.5. The molecule has 2 nitrogen and oxygen atoms in total. The molecule has 0 bridgehead atoms. The van der Waals surface area contributed by atoms with Crippen molar-refractivity contribution in [1.82, 2.24) is 5.32 Å². The van der Waals surface area contributed by atoms with Crippen LogP contribution < -0.4 is 10.1 Å². The predicted octanol–water partition coefficient (Wildman–Crippen LogP) is 4.34. The summed E-state index contributed by atoms with van der Waals surface area (Å²) >= 11 is 0. The Bertz CT molecular complexity index is 606. The van der Waals surface area contributed by atoms with Gasteiger partial charge in [0, 0.05) is 5.39 Å². The summed E-state index contributed by atoms with van der Waals surface area (Å²) in [7, 11) is 1.76. The van der Waals surface area contributed by atoms with E-state index in [0.717, 1.165) is 24.8 Å². The summed E-state index contributed by atoms with van der Waals surface area (Å²) < 4.78 is 5.53. The van der Waals surface area contributed by atoms with E-state index in [2.05, 4.69) is 48.6 Å². The molecule has 0 amide bonds. The summed E-state index contributed by atoms with van der Waals surface area (Å²) in [6.07, 6.45) is 3.80. The molecule has 0 spiro atoms. The molecule has 21 heavy (non-hydrogen) atoms. The van der Waals surface area contributed by atoms with Crippen molar-refractivity contribution in [3.05, 3.63) is 42.0 Å². The van der Waals surface area contributed by atoms with E-state index in [0.29, 0.717) is 5.92 Å². The van der Waals surface area contributed by atoms with E-state index in [4.69, 9.17) is 4.74 Å². The molecule has 0 aromatic heterocycles. The van der Waals surface area contributed by atoms with E-state index in [1.165, 1.54) is 35.6 Å². The first kappa shape index (κ1) is 14.4. The van der Waals surface area contributed by atoms with Gasteiger partial charge in [0.1, 0.15) is 5.75 Å². The second kappa shape index (κ2) is 6.48. The van der Waals surface area contributed by atoms with Gasteiger partial charge in [-0.05, 0) is 54.8 Å². The average Bonchev–Trinajstić information content (AvgIpc) is 2.55. The molecule has 112 valence electrons. The smallest absolute Gasteiger partial charge is 0.126 e. The molecule has 3 rings (SSSR count). The zero-order chi connectivity index (χ0) is 14.7. The van der Waals surface area contributed by atoms with Gasteiger partial charge in [-0.15, -0.1) is 0 Å². The van der Waals surface area contributed by atoms with E-state index in [1.54, 1.807) is 7.11 Å². The molecule has 1 N–H and O–H groups in total. The third-order valence-electron chi connectivity index (χ3n) is 4.80. The van der Waals surface area contributed by atoms with Crippen molar-refractivity contribution in [3.63, 3.8) is 0 Å². The predicted molar refractivity (Wildman–Crippen MR) is 89.1 cm³/mol. The Morgan fingerprint density at radius 1 is 1.14 bits per heavy atom. The molecule has 2 unspecified atom stereocenters. The van der Waals surface area contributed by atoms with Crippen LogP contribution in [0.1, 0.15) is 37.7 Å². The van der Waals surface area contributed by atoms with Crippen LogP contribution in [0.25, 0.3) is 10.8 Å². The third kappa shape index (κ3) is 2.77. The van der Waals surface area contributed by atoms with E-state index in [-0.39, 0.29) is 0 Å². The van der Waals surface area contributed by atoms with Crippen LogP contribution in [-0.4, -0.2) is 20.2 Å². The SMILES string of the molecule is CCCC1CNCCC1c1ccc(OC)c2ccccc12. The molecular formula is C19H25NO. The van der Waals surface area contributed by atoms with Crippen molar-refractivity contribution >= 4 is 10.8 Å². The molecule has 0 saturated carbocycles. The van der Waals surface area contributed by atoms with E-state index >= 15 is 0 Å². The highest BCUT2D eigenvalue weighted by Gasteiger charge is 2.27. The van der Waals surface area contributed by atoms with Crippen LogP contribution in [0.15, 0.2) is 36.4 Å². The van der Waals surface area contributed by atoms with Crippen LogP contribution in [0.3, 0.4) is 0 Å². The Kier molecular flexibility index (Phi) is 4.45. The molecular weight excluding hydrogens is 258 g/mol. The lowest BCUT2D eigenvalue weighted by Crippen LogP contribution is -2.35. The zero-order valence-electron chi connectivity index (χ0n) is 13.1. The van der Waals surface area contributed by atoms with Gasteiger partial charge in [-0.3, -0.25) is 0 Å². The summed E-state index contributed by atoms with van der Waals surface area (Å²) in [5.41, 5.74) is 1.51. The molecule has 2 heteroatoms. The number of benzene rings is 2. The van der Waals surface area contributed by atoms with Crippen molar-refractivity contribution < 1.29 is 4.74 Å². The third-order valence-corrected chi connectivity index (χ3v) is 4.80. The van der Waals surface area contributed by atoms with Gasteiger partial charge < -0.3 is 10.1 Å². The normalized spacial score (nSPS) is 22.4. The first-order valence-electron chi connectivity index (χ1n) is 8.11. The minimum absolute atomic E-state index is 0.669. The van der Waals surface area contributed by atoms with E-state index in [9.17, 15) is 0 Å². The van der Waals surface area contributed by atoms with Crippen molar-refractivity contribution in [2.75, 3.05) is 20.2 Å². The minimum atomic E-state index is 0.669. The molecule has 1 aliphatic rings. The van der Waals surface area contributed by atoms with Gasteiger partial charge >= 0.3 is 0 Å². The molecule has 1 saturated heterocycles. The van der Waals surface area contributed by atoms with E-state index in [1.807, 2.05) is 0 Å². The van der Waals surface area contributed by atoms with Crippen LogP contribution in [0.5, 0.6) is 5.75 Å². The number of hydrogen-bond donors (Lipinski definition) is 1. The van der Waals surface area contributed by atoms with Gasteiger partial charge in [-0.2, -0.15) is 0 Å². The van der Waals surface area contributed by atoms with Crippen LogP contribution >= 0.6 is 0 Å². The first-order valence-corrected chi connectivity index (χ1v) is 8.11. The van der Waals surface area contributed by atoms with Crippen LogP contribution in [0.2, 0.25) is 0 Å². The van der Waals surface area contributed by atoms with Crippen molar-refractivity contribution in [3.8, 4) is 5.75 Å². The second-order valence-corrected chi connectivity index (χ2v) is 6.05. The fraction of sp³-hybridized carbons (Fsp3) is 0.474. The van der Waals surface area contributed by atoms with Crippen LogP contribution in [0, 0.1) is 5.92 Å². The largest absolute Gasteiger partial charge is 0.496 e. The standard InChI is InChI=1S/C19H25NO/c1-3-6-14-13-20-12-11-15(14)17-9-10-19(21-2)18-8-5-4-7-16(17)18/h4-5,7-10,14-15,20H,3,6,11-13H2,1-2H3. The van der Waals surface area contributed by atoms with Gasteiger partial charge in [0.25, 0.3) is 0 Å². The highest BCUT2D eigenvalue weighted by molar-refractivity contribution is 5.91. The minimum Gasteiger partial charge on any atom is -0.496 e. The Hall–Kier alpha value is -1.54. The molecule has 1 aliphatic heterocycles. The Morgan fingerprint density at radius 2 is 1.95 bits per heavy atom. The maximum absolute atomic E-state index is 5.53. The number of rotatable bonds is 4. The van der Waals surface area contributed by atoms with Gasteiger partial charge in [0.15, 0.2) is 0 Å². The quantitative estimate of drug-likeness (QED) is 0.901. The molecule has 2 aromatic carbocycles. The second-order valence-electron chi connectivity index (χ2n) is 6.05. The average molecular weight is 283 g/mol. The van der Waals surface area contributed by atoms with Crippen LogP contribution in [0.4, 0.5) is 0 Å². The topological polar surface area (TPSA) is 21.3 Å². The number of methoxy groups -OCH3 is 1. The number of piperidine rings is 1. The maximum atomic E-state index is 5.53. The van der Waals surface area contributed by atoms with Crippen LogP contribution in [-0.2, 0) is 0 Å². The number of fused-ring (bicyclic) bond motifs is 1. The fourth-order valence-electron chi connectivity index (χ4n) is 3.80. The Labute approximate surface area is 127 Å². The van der Waals surface area contributed by atoms with Gasteiger partial charge in [0.05, 0.1) is 7.11 Å². The number of hydrogen-bond acceptors (Lipinski definition) is 2. The maximum Gasteiger partial charge on any atom is 0.126 e. The summed E-state index contributed by atoms with van der Waals surface area (Å²) in [5, 5.41) is 6.17. The van der Waals surface area contributed by atoms with Gasteiger partial charge in [-0.1, -0.05) is 43.7 Å². The monoisotopic (exact) mass is 283 g/mol. The fourth-order valence-corrected chi connectivity index (χ4v) is 3.80. The lowest BCUT2D eigenvalue weighted by Gasteiger charge is -2.33. The summed E-state index contributed by atoms with van der Waals surface area (Å²) in [5.74, 6) is 2.40. The molecule has 0 aliphatic carbocycles. The Morgan fingerprint density at radius 3 is 2.71 bits per heavy atom. The van der Waals surface area contributed by atoms with Crippen molar-refractivity contribution in [2.45, 2.75) is 32.1 Å². The number of nitrogens with one attached hydrogen (secondary N) is 1. The molecule has 1 heterocycles. The van der Waals surface area contributed by atoms with Gasteiger partial charge in [-0.25, -0.2) is 0 Å².